The maximum Gasteiger partial charge on any atom is 0.393 e. The van der Waals surface area contributed by atoms with Crippen molar-refractivity contribution in [2.45, 2.75) is 32.5 Å². The van der Waals surface area contributed by atoms with E-state index in [-0.39, 0.29) is 11.6 Å². The zero-order valence-electron chi connectivity index (χ0n) is 14.0. The van der Waals surface area contributed by atoms with Gasteiger partial charge < -0.3 is 4.57 Å². The molecule has 6 heteroatoms. The van der Waals surface area contributed by atoms with E-state index < -0.39 is 12.6 Å². The number of hydrogen-bond donors (Lipinski definition) is 0. The van der Waals surface area contributed by atoms with Crippen molar-refractivity contribution in [3.63, 3.8) is 0 Å². The molecule has 0 aliphatic carbocycles. The molecular formula is C19H18F3N3. The predicted molar refractivity (Wildman–Crippen MR) is 90.2 cm³/mol. The van der Waals surface area contributed by atoms with E-state index in [1.165, 1.54) is 12.1 Å². The molecule has 0 amide bonds. The first-order chi connectivity index (χ1) is 11.8. The van der Waals surface area contributed by atoms with Crippen LogP contribution in [-0.4, -0.2) is 20.7 Å². The molecule has 0 fully saturated rings. The first-order valence-electron chi connectivity index (χ1n) is 7.95. The predicted octanol–water partition coefficient (Wildman–Crippen LogP) is 4.97. The fourth-order valence-corrected chi connectivity index (χ4v) is 2.74. The number of imidazole rings is 1. The molecule has 1 atom stereocenters. The Kier molecular flexibility index (Phi) is 4.61. The third-order valence-corrected chi connectivity index (χ3v) is 4.12. The van der Waals surface area contributed by atoms with Crippen LogP contribution in [0.2, 0.25) is 0 Å². The van der Waals surface area contributed by atoms with Crippen molar-refractivity contribution in [3.05, 3.63) is 71.8 Å². The minimum absolute atomic E-state index is 0.0143. The van der Waals surface area contributed by atoms with E-state index >= 15 is 0 Å². The first-order valence-corrected chi connectivity index (χ1v) is 7.95. The van der Waals surface area contributed by atoms with Crippen LogP contribution in [0.1, 0.15) is 29.8 Å². The minimum atomic E-state index is -4.20. The van der Waals surface area contributed by atoms with Crippen LogP contribution in [0, 0.1) is 6.92 Å². The van der Waals surface area contributed by atoms with Gasteiger partial charge in [0.05, 0.1) is 12.5 Å². The number of alkyl halides is 3. The SMILES string of the molecule is Cc1ccc(C(C)n2ccnc2-c2ccc(CC(F)(F)F)cc2)cn1. The van der Waals surface area contributed by atoms with Gasteiger partial charge in [0, 0.05) is 29.8 Å². The van der Waals surface area contributed by atoms with E-state index in [9.17, 15) is 13.2 Å². The van der Waals surface area contributed by atoms with Crippen LogP contribution >= 0.6 is 0 Å². The van der Waals surface area contributed by atoms with Gasteiger partial charge in [0.15, 0.2) is 0 Å². The number of nitrogens with zero attached hydrogens (tertiary/aromatic N) is 3. The number of aryl methyl sites for hydroxylation is 1. The zero-order valence-corrected chi connectivity index (χ0v) is 14.0. The van der Waals surface area contributed by atoms with Gasteiger partial charge in [-0.1, -0.05) is 30.3 Å². The summed E-state index contributed by atoms with van der Waals surface area (Å²) in [6, 6.07) is 10.3. The zero-order chi connectivity index (χ0) is 18.0. The lowest BCUT2D eigenvalue weighted by molar-refractivity contribution is -0.127. The minimum Gasteiger partial charge on any atom is -0.324 e. The van der Waals surface area contributed by atoms with E-state index in [0.717, 1.165) is 16.8 Å². The van der Waals surface area contributed by atoms with Crippen molar-refractivity contribution in [2.24, 2.45) is 0 Å². The van der Waals surface area contributed by atoms with Gasteiger partial charge in [-0.3, -0.25) is 4.98 Å². The molecule has 0 aliphatic rings. The normalized spacial score (nSPS) is 13.0. The molecule has 0 saturated heterocycles. The molecule has 25 heavy (non-hydrogen) atoms. The monoisotopic (exact) mass is 345 g/mol. The van der Waals surface area contributed by atoms with Crippen LogP contribution in [0.25, 0.3) is 11.4 Å². The van der Waals surface area contributed by atoms with Gasteiger partial charge >= 0.3 is 6.18 Å². The van der Waals surface area contributed by atoms with Gasteiger partial charge in [0.25, 0.3) is 0 Å². The van der Waals surface area contributed by atoms with E-state index in [1.807, 2.05) is 42.9 Å². The van der Waals surface area contributed by atoms with Crippen LogP contribution in [0.15, 0.2) is 55.0 Å². The Bertz CT molecular complexity index is 834. The molecule has 0 N–H and O–H groups in total. The van der Waals surface area contributed by atoms with Gasteiger partial charge in [-0.2, -0.15) is 13.2 Å². The van der Waals surface area contributed by atoms with E-state index in [1.54, 1.807) is 18.3 Å². The van der Waals surface area contributed by atoms with Crippen LogP contribution < -0.4 is 0 Å². The van der Waals surface area contributed by atoms with Crippen molar-refractivity contribution >= 4 is 0 Å². The lowest BCUT2D eigenvalue weighted by Gasteiger charge is -2.17. The van der Waals surface area contributed by atoms with Gasteiger partial charge in [-0.25, -0.2) is 4.98 Å². The molecule has 3 nitrogen and oxygen atoms in total. The first kappa shape index (κ1) is 17.2. The van der Waals surface area contributed by atoms with Crippen LogP contribution in [0.4, 0.5) is 13.2 Å². The van der Waals surface area contributed by atoms with E-state index in [2.05, 4.69) is 9.97 Å². The van der Waals surface area contributed by atoms with Gasteiger partial charge in [0.1, 0.15) is 5.82 Å². The Hall–Kier alpha value is -2.63. The highest BCUT2D eigenvalue weighted by atomic mass is 19.4. The molecule has 0 saturated carbocycles. The van der Waals surface area contributed by atoms with Gasteiger partial charge in [0.2, 0.25) is 0 Å². The Balaban J connectivity index is 1.87. The molecule has 0 spiro atoms. The highest BCUT2D eigenvalue weighted by Crippen LogP contribution is 2.27. The molecule has 1 unspecified atom stereocenters. The Labute approximate surface area is 144 Å². The average molecular weight is 345 g/mol. The lowest BCUT2D eigenvalue weighted by atomic mass is 10.1. The van der Waals surface area contributed by atoms with E-state index in [4.69, 9.17) is 0 Å². The summed E-state index contributed by atoms with van der Waals surface area (Å²) in [5, 5.41) is 0. The fourth-order valence-electron chi connectivity index (χ4n) is 2.74. The van der Waals surface area contributed by atoms with Crippen molar-refractivity contribution in [1.82, 2.24) is 14.5 Å². The summed E-state index contributed by atoms with van der Waals surface area (Å²) < 4.78 is 39.4. The molecule has 0 radical (unpaired) electrons. The second-order valence-electron chi connectivity index (χ2n) is 6.06. The molecular weight excluding hydrogens is 327 g/mol. The lowest BCUT2D eigenvalue weighted by Crippen LogP contribution is -2.11. The maximum atomic E-state index is 12.5. The molecule has 3 rings (SSSR count). The summed E-state index contributed by atoms with van der Waals surface area (Å²) in [6.45, 7) is 3.97. The number of rotatable bonds is 4. The topological polar surface area (TPSA) is 30.7 Å². The Morgan fingerprint density at radius 3 is 2.36 bits per heavy atom. The summed E-state index contributed by atoms with van der Waals surface area (Å²) in [6.07, 6.45) is 0.261. The van der Waals surface area contributed by atoms with Crippen LogP contribution in [0.5, 0.6) is 0 Å². The Morgan fingerprint density at radius 2 is 1.76 bits per heavy atom. The maximum absolute atomic E-state index is 12.5. The molecule has 0 aliphatic heterocycles. The summed E-state index contributed by atoms with van der Waals surface area (Å²) >= 11 is 0. The Morgan fingerprint density at radius 1 is 1.04 bits per heavy atom. The number of halogens is 3. The summed E-state index contributed by atoms with van der Waals surface area (Å²) in [5.41, 5.74) is 3.01. The molecule has 130 valence electrons. The van der Waals surface area contributed by atoms with Crippen molar-refractivity contribution in [3.8, 4) is 11.4 Å². The van der Waals surface area contributed by atoms with Crippen LogP contribution in [-0.2, 0) is 6.42 Å². The number of hydrogen-bond acceptors (Lipinski definition) is 2. The number of aromatic nitrogens is 3. The van der Waals surface area contributed by atoms with Gasteiger partial charge in [-0.05, 0) is 31.0 Å². The molecule has 1 aromatic carbocycles. The van der Waals surface area contributed by atoms with Crippen molar-refractivity contribution in [2.75, 3.05) is 0 Å². The number of pyridine rings is 1. The van der Waals surface area contributed by atoms with Crippen molar-refractivity contribution in [1.29, 1.82) is 0 Å². The summed E-state index contributed by atoms with van der Waals surface area (Å²) in [4.78, 5) is 8.69. The van der Waals surface area contributed by atoms with Crippen LogP contribution in [0.3, 0.4) is 0 Å². The van der Waals surface area contributed by atoms with Crippen molar-refractivity contribution < 1.29 is 13.2 Å². The quantitative estimate of drug-likeness (QED) is 0.668. The number of benzene rings is 1. The summed E-state index contributed by atoms with van der Waals surface area (Å²) in [7, 11) is 0. The second kappa shape index (κ2) is 6.70. The third kappa shape index (κ3) is 4.07. The largest absolute Gasteiger partial charge is 0.393 e. The van der Waals surface area contributed by atoms with Gasteiger partial charge in [-0.15, -0.1) is 0 Å². The fraction of sp³-hybridized carbons (Fsp3) is 0.263. The highest BCUT2D eigenvalue weighted by Gasteiger charge is 2.27. The molecule has 3 aromatic rings. The average Bonchev–Trinajstić information content (AvgIpc) is 3.04. The summed E-state index contributed by atoms with van der Waals surface area (Å²) in [5.74, 6) is 0.714. The smallest absolute Gasteiger partial charge is 0.324 e. The molecule has 0 bridgehead atoms. The molecule has 2 aromatic heterocycles. The van der Waals surface area contributed by atoms with E-state index in [0.29, 0.717) is 5.82 Å². The third-order valence-electron chi connectivity index (χ3n) is 4.12. The standard InChI is InChI=1S/C19H18F3N3/c1-13-3-6-17(12-24-13)14(2)25-10-9-23-18(25)16-7-4-15(5-8-16)11-19(20,21)22/h3-10,12,14H,11H2,1-2H3. The second-order valence-corrected chi connectivity index (χ2v) is 6.06. The highest BCUT2D eigenvalue weighted by molar-refractivity contribution is 5.56. The molecule has 2 heterocycles.